The van der Waals surface area contributed by atoms with Crippen LogP contribution in [0.5, 0.6) is 0 Å². The largest absolute Gasteiger partial charge is 0.494 e. The number of quaternary nitrogens is 1. The predicted molar refractivity (Wildman–Crippen MR) is 449 cm³/mol. The highest BCUT2D eigenvalue weighted by Crippen LogP contribution is 2.43. The molecule has 4 aliphatic carbocycles. The molecule has 1 aliphatic heterocycles. The minimum atomic E-state index is -1.03. The fourth-order valence-corrected chi connectivity index (χ4v) is 15.8. The molecule has 32 heteroatoms. The Morgan fingerprint density at radius 2 is 0.779 bits per heavy atom. The number of rotatable bonds is 15. The van der Waals surface area contributed by atoms with Crippen LogP contribution in [-0.2, 0) is 28.5 Å². The minimum absolute atomic E-state index is 0.280. The SMILES string of the molecule is CC1(C)OB(c2ccc3nc(NC(=O)[C@@H]4C[C@@H]4F)sc3c2)OC1(C)C.Cc1cc(N(C)C)ncc1-c1ccc2nc(NC(=O)[C@@H]3C[C@@H]3F)sc2c1.Cc1cc(N(C)C)ncc1Br.Cc1cc([18F])ncc1-c1ccc2nc(NC(=O)[C@@H]3C[C@@H]3F)sc2c1.Cc1cc([N+](C)(C)C)ncc1-c1ccc2nc(NC(=O)[C@@H]3C[C@@H]3F)sc2c1. The number of aromatic nitrogens is 8. The van der Waals surface area contributed by atoms with Crippen LogP contribution in [0.3, 0.4) is 0 Å². The average Bonchev–Trinajstić information content (AvgIpc) is 1.62. The number of carbonyl (C=O) groups excluding carboxylic acids is 4. The van der Waals surface area contributed by atoms with E-state index < -0.39 is 72.6 Å². The van der Waals surface area contributed by atoms with Gasteiger partial charge in [0.1, 0.15) is 36.3 Å². The number of aryl methyl sites for hydroxylation is 4. The maximum Gasteiger partial charge on any atom is 0.494 e. The lowest BCUT2D eigenvalue weighted by Crippen LogP contribution is -2.41. The first kappa shape index (κ1) is 81.6. The Labute approximate surface area is 675 Å². The Morgan fingerprint density at radius 1 is 0.460 bits per heavy atom. The molecular weight excluding hydrogens is 1590 g/mol. The van der Waals surface area contributed by atoms with Crippen molar-refractivity contribution in [1.29, 1.82) is 0 Å². The summed E-state index contributed by atoms with van der Waals surface area (Å²) in [7, 11) is 13.7. The Balaban J connectivity index is 0.000000126. The Kier molecular flexibility index (Phi) is 23.7. The molecular formula is C81H85BBrF5N15O6S4+. The first-order chi connectivity index (χ1) is 53.4. The second-order valence-electron chi connectivity index (χ2n) is 31.0. The maximum absolute atomic E-state index is 13.2. The van der Waals surface area contributed by atoms with E-state index in [0.717, 1.165) is 118 Å². The third-order valence-corrected chi connectivity index (χ3v) is 24.6. The number of hydrogen-bond donors (Lipinski definition) is 4. The van der Waals surface area contributed by atoms with Gasteiger partial charge in [-0.2, -0.15) is 4.39 Å². The molecule has 0 radical (unpaired) electrons. The van der Waals surface area contributed by atoms with Gasteiger partial charge in [-0.15, -0.1) is 0 Å². The standard InChI is InChI=1S/C20H21FN4OS.C19H19FN4OS.C17H20BFN2O3S.C17H13F2N3OS.C8H11BrN2/c1-11-7-18(25(2,3)4)22-10-14(11)12-5-6-16-17(8-12)27-20(23-16)24-19(26)13-9-15(13)21;1-10-6-17(24(2)3)21-9-13(10)11-4-5-15-16(7-11)26-19(22-15)23-18(25)12-8-14(12)20;1-16(2)17(3,4)24-18(23-16)9-5-6-12-13(7-9)25-15(20-12)21-14(22)10-8-11(10)19;1-8-4-15(19)20-7-11(8)9-2-3-13-14(5-9)24-17(21-13)22-16(23)10-6-12(10)18;1-6-4-8(11(2)3)10-5-7(6)9/h5-8,10,13,15H,9H2,1-4H3;4-7,9,12,14H,8H2,1-3H3,(H,22,23,25);5-7,10-11H,8H2,1-4H3,(H,20,21,22);2-5,7,10,12H,6H2,1H3,(H,21,22,23);4-5H,1-3H3/p+1/t13-,15+;12-,14+;10-,11+;10-,12+;/m1111./s1/i;;;19-1;. The summed E-state index contributed by atoms with van der Waals surface area (Å²) in [4.78, 5) is 86.0. The zero-order valence-corrected chi connectivity index (χ0v) is 69.7. The summed E-state index contributed by atoms with van der Waals surface area (Å²) in [6.07, 6.45) is 4.30. The summed E-state index contributed by atoms with van der Waals surface area (Å²) in [5.41, 5.74) is 13.6. The van der Waals surface area contributed by atoms with Crippen LogP contribution in [0.1, 0.15) is 75.6 Å². The summed E-state index contributed by atoms with van der Waals surface area (Å²) in [6.45, 7) is 16.1. The van der Waals surface area contributed by atoms with Gasteiger partial charge >= 0.3 is 7.12 Å². The molecule has 4 aromatic carbocycles. The number of benzene rings is 4. The summed E-state index contributed by atoms with van der Waals surface area (Å²) in [5, 5.41) is 12.8. The van der Waals surface area contributed by atoms with Crippen LogP contribution in [0.4, 0.5) is 59.9 Å². The van der Waals surface area contributed by atoms with Gasteiger partial charge in [0.05, 0.1) is 96.9 Å². The molecule has 5 fully saturated rings. The average molecular weight is 1680 g/mol. The van der Waals surface area contributed by atoms with Crippen molar-refractivity contribution in [3.05, 3.63) is 155 Å². The number of fused-ring (bicyclic) bond motifs is 4. The van der Waals surface area contributed by atoms with Crippen LogP contribution in [0.15, 0.2) is 126 Å². The monoisotopic (exact) mass is 1680 g/mol. The van der Waals surface area contributed by atoms with E-state index in [4.69, 9.17) is 9.31 Å². The van der Waals surface area contributed by atoms with Gasteiger partial charge in [-0.1, -0.05) is 69.6 Å². The van der Waals surface area contributed by atoms with Crippen molar-refractivity contribution in [3.63, 3.8) is 0 Å². The van der Waals surface area contributed by atoms with Crippen LogP contribution in [0.2, 0.25) is 0 Å². The number of nitrogens with one attached hydrogen (secondary N) is 4. The lowest BCUT2D eigenvalue weighted by atomic mass is 9.79. The normalized spacial score (nSPS) is 20.0. The van der Waals surface area contributed by atoms with Gasteiger partial charge in [0.15, 0.2) is 20.5 Å². The van der Waals surface area contributed by atoms with Crippen LogP contribution in [0.25, 0.3) is 74.2 Å². The summed E-state index contributed by atoms with van der Waals surface area (Å²) in [5.74, 6) is -0.855. The van der Waals surface area contributed by atoms with Gasteiger partial charge < -0.3 is 40.4 Å². The topological polar surface area (TPSA) is 244 Å². The van der Waals surface area contributed by atoms with E-state index in [1.54, 1.807) is 0 Å². The van der Waals surface area contributed by atoms with Gasteiger partial charge in [0, 0.05) is 80.2 Å². The zero-order chi connectivity index (χ0) is 81.0. The fraction of sp³-hybridized carbons (Fsp3) is 0.358. The quantitative estimate of drug-likeness (QED) is 0.0323. The molecule has 21 nitrogen and oxygen atoms in total. The lowest BCUT2D eigenvalue weighted by Gasteiger charge is -2.32. The summed E-state index contributed by atoms with van der Waals surface area (Å²) < 4.78 is 82.7. The number of pyridine rings is 4. The van der Waals surface area contributed by atoms with Gasteiger partial charge in [-0.05, 0) is 208 Å². The van der Waals surface area contributed by atoms with Crippen molar-refractivity contribution in [2.75, 3.05) is 80.4 Å². The van der Waals surface area contributed by atoms with Gasteiger partial charge in [0.25, 0.3) is 0 Å². The number of anilines is 6. The molecule has 113 heavy (non-hydrogen) atoms. The van der Waals surface area contributed by atoms with Crippen LogP contribution in [0, 0.1) is 57.3 Å². The second-order valence-corrected chi connectivity index (χ2v) is 35.9. The molecule has 1 saturated heterocycles. The number of alkyl halides is 4. The molecule has 4 saturated carbocycles. The van der Waals surface area contributed by atoms with E-state index in [9.17, 15) is 41.1 Å². The van der Waals surface area contributed by atoms with Crippen molar-refractivity contribution in [3.8, 4) is 33.4 Å². The van der Waals surface area contributed by atoms with E-state index in [1.165, 1.54) is 63.2 Å². The lowest BCUT2D eigenvalue weighted by molar-refractivity contribution is -0.118. The number of nitrogens with zero attached hydrogens (tertiary/aromatic N) is 11. The number of amides is 4. The van der Waals surface area contributed by atoms with Crippen molar-refractivity contribution in [2.24, 2.45) is 23.7 Å². The van der Waals surface area contributed by atoms with Gasteiger partial charge in [0.2, 0.25) is 35.4 Å². The van der Waals surface area contributed by atoms with E-state index in [0.29, 0.717) is 44.3 Å². The highest BCUT2D eigenvalue weighted by Gasteiger charge is 2.52. The fourth-order valence-electron chi connectivity index (χ4n) is 12.0. The summed E-state index contributed by atoms with van der Waals surface area (Å²) >= 11 is 8.90. The van der Waals surface area contributed by atoms with E-state index in [-0.39, 0.29) is 30.0 Å². The third kappa shape index (κ3) is 19.4. The molecule has 0 unspecified atom stereocenters. The highest BCUT2D eigenvalue weighted by atomic mass is 79.9. The molecule has 8 atom stereocenters. The number of carbonyl (C=O) groups is 4. The number of hydrogen-bond acceptors (Lipinski definition) is 20. The molecule has 5 aliphatic rings. The molecule has 0 bridgehead atoms. The van der Waals surface area contributed by atoms with E-state index >= 15 is 0 Å². The molecule has 8 aromatic heterocycles. The van der Waals surface area contributed by atoms with Crippen molar-refractivity contribution in [1.82, 2.24) is 44.4 Å². The third-order valence-electron chi connectivity index (χ3n) is 20.1. The molecule has 0 spiro atoms. The van der Waals surface area contributed by atoms with Crippen LogP contribution in [-0.4, -0.2) is 156 Å². The Hall–Kier alpha value is -9.41. The molecule has 12 aromatic rings. The van der Waals surface area contributed by atoms with Crippen molar-refractivity contribution in [2.45, 2.75) is 117 Å². The highest BCUT2D eigenvalue weighted by molar-refractivity contribution is 9.10. The predicted octanol–water partition coefficient (Wildman–Crippen LogP) is 17.4. The van der Waals surface area contributed by atoms with Crippen LogP contribution < -0.4 is 41.0 Å². The molecule has 9 heterocycles. The Morgan fingerprint density at radius 3 is 1.11 bits per heavy atom. The first-order valence-electron chi connectivity index (χ1n) is 36.6. The maximum atomic E-state index is 13.2. The van der Waals surface area contributed by atoms with Crippen molar-refractivity contribution < 1.29 is 50.4 Å². The van der Waals surface area contributed by atoms with E-state index in [1.807, 2.05) is 158 Å². The molecule has 4 N–H and O–H groups in total. The zero-order valence-electron chi connectivity index (χ0n) is 64.8. The molecule has 588 valence electrons. The van der Waals surface area contributed by atoms with E-state index in [2.05, 4.69) is 143 Å². The summed E-state index contributed by atoms with van der Waals surface area (Å²) in [6, 6.07) is 31.1. The number of halogens is 6. The molecule has 17 rings (SSSR count). The smallest absolute Gasteiger partial charge is 0.399 e. The molecule has 4 amide bonds. The number of thiazole rings is 4. The Bertz CT molecular complexity index is 5630. The van der Waals surface area contributed by atoms with Gasteiger partial charge in [-0.25, -0.2) is 57.4 Å². The minimum Gasteiger partial charge on any atom is -0.399 e. The first-order valence-corrected chi connectivity index (χ1v) is 40.6. The van der Waals surface area contributed by atoms with Crippen LogP contribution >= 0.6 is 61.3 Å². The second kappa shape index (κ2) is 32.8. The van der Waals surface area contributed by atoms with Gasteiger partial charge in [-0.3, -0.25) is 23.7 Å². The van der Waals surface area contributed by atoms with Crippen molar-refractivity contribution >= 4 is 176 Å².